The van der Waals surface area contributed by atoms with Gasteiger partial charge in [-0.2, -0.15) is 9.57 Å². The van der Waals surface area contributed by atoms with Crippen LogP contribution in [0.1, 0.15) is 12.1 Å². The number of benzene rings is 1. The molecule has 1 aliphatic rings. The standard InChI is InChI=1S/C15H12F2N4O3S/c16-12-2-1-11(7-13(12)17)25(22,23)21-6-3-10(9-21)24-15-14(8-18)19-4-5-20-15/h1-2,4-5,7,10H,3,6,9H2. The summed E-state index contributed by atoms with van der Waals surface area (Å²) in [6, 6.07) is 4.27. The summed E-state index contributed by atoms with van der Waals surface area (Å²) in [5, 5.41) is 8.97. The minimum atomic E-state index is -3.97. The lowest BCUT2D eigenvalue weighted by Crippen LogP contribution is -2.31. The SMILES string of the molecule is N#Cc1nccnc1OC1CCN(S(=O)(=O)c2ccc(F)c(F)c2)C1. The van der Waals surface area contributed by atoms with Gasteiger partial charge in [-0.1, -0.05) is 0 Å². The Labute approximate surface area is 142 Å². The van der Waals surface area contributed by atoms with Gasteiger partial charge in [-0.3, -0.25) is 0 Å². The van der Waals surface area contributed by atoms with Crippen molar-refractivity contribution in [3.8, 4) is 11.9 Å². The maximum atomic E-state index is 13.3. The molecule has 10 heteroatoms. The molecule has 130 valence electrons. The minimum Gasteiger partial charge on any atom is -0.471 e. The second-order valence-corrected chi connectivity index (χ2v) is 7.23. The Morgan fingerprint density at radius 2 is 2.00 bits per heavy atom. The lowest BCUT2D eigenvalue weighted by Gasteiger charge is -2.17. The predicted molar refractivity (Wildman–Crippen MR) is 80.9 cm³/mol. The van der Waals surface area contributed by atoms with Crippen LogP contribution < -0.4 is 4.74 Å². The molecule has 1 atom stereocenters. The van der Waals surface area contributed by atoms with Crippen molar-refractivity contribution in [2.24, 2.45) is 0 Å². The zero-order valence-corrected chi connectivity index (χ0v) is 13.6. The highest BCUT2D eigenvalue weighted by Crippen LogP contribution is 2.25. The molecule has 7 nitrogen and oxygen atoms in total. The molecule has 25 heavy (non-hydrogen) atoms. The topological polar surface area (TPSA) is 96.2 Å². The molecule has 0 N–H and O–H groups in total. The van der Waals surface area contributed by atoms with Crippen LogP contribution in [0.25, 0.3) is 0 Å². The zero-order chi connectivity index (χ0) is 18.0. The number of sulfonamides is 1. The molecule has 1 aromatic heterocycles. The van der Waals surface area contributed by atoms with E-state index in [1.807, 2.05) is 6.07 Å². The van der Waals surface area contributed by atoms with Gasteiger partial charge in [-0.05, 0) is 24.6 Å². The van der Waals surface area contributed by atoms with Crippen LogP contribution in [0.15, 0.2) is 35.5 Å². The maximum Gasteiger partial charge on any atom is 0.251 e. The Morgan fingerprint density at radius 1 is 1.24 bits per heavy atom. The molecular formula is C15H12F2N4O3S. The first-order valence-corrected chi connectivity index (χ1v) is 8.69. The Morgan fingerprint density at radius 3 is 2.72 bits per heavy atom. The fourth-order valence-corrected chi connectivity index (χ4v) is 3.94. The van der Waals surface area contributed by atoms with E-state index in [9.17, 15) is 17.2 Å². The number of nitriles is 1. The molecule has 3 rings (SSSR count). The molecule has 1 unspecified atom stereocenters. The summed E-state index contributed by atoms with van der Waals surface area (Å²) in [4.78, 5) is 7.40. The summed E-state index contributed by atoms with van der Waals surface area (Å²) in [7, 11) is -3.97. The number of ether oxygens (including phenoxy) is 1. The van der Waals surface area contributed by atoms with E-state index in [4.69, 9.17) is 10.00 Å². The van der Waals surface area contributed by atoms with Crippen molar-refractivity contribution in [3.63, 3.8) is 0 Å². The lowest BCUT2D eigenvalue weighted by molar-refractivity contribution is 0.205. The smallest absolute Gasteiger partial charge is 0.251 e. The van der Waals surface area contributed by atoms with Crippen molar-refractivity contribution < 1.29 is 21.9 Å². The van der Waals surface area contributed by atoms with Crippen LogP contribution in [-0.4, -0.2) is 41.9 Å². The first kappa shape index (κ1) is 17.2. The van der Waals surface area contributed by atoms with E-state index in [0.717, 1.165) is 16.4 Å². The molecular weight excluding hydrogens is 354 g/mol. The normalized spacial score (nSPS) is 18.0. The highest BCUT2D eigenvalue weighted by Gasteiger charge is 2.34. The summed E-state index contributed by atoms with van der Waals surface area (Å²) in [5.74, 6) is -2.32. The Balaban J connectivity index is 1.76. The van der Waals surface area contributed by atoms with Gasteiger partial charge in [0.25, 0.3) is 5.88 Å². The number of hydrogen-bond donors (Lipinski definition) is 0. The van der Waals surface area contributed by atoms with Crippen molar-refractivity contribution in [3.05, 3.63) is 47.9 Å². The van der Waals surface area contributed by atoms with Gasteiger partial charge < -0.3 is 4.74 Å². The summed E-state index contributed by atoms with van der Waals surface area (Å²) >= 11 is 0. The van der Waals surface area contributed by atoms with Crippen LogP contribution in [0.2, 0.25) is 0 Å². The molecule has 0 bridgehead atoms. The molecule has 1 aliphatic heterocycles. The molecule has 1 aromatic carbocycles. The molecule has 0 amide bonds. The summed E-state index contributed by atoms with van der Waals surface area (Å²) in [6.07, 6.45) is 2.55. The molecule has 0 radical (unpaired) electrons. The van der Waals surface area contributed by atoms with Crippen molar-refractivity contribution in [1.29, 1.82) is 5.26 Å². The van der Waals surface area contributed by atoms with Crippen molar-refractivity contribution in [1.82, 2.24) is 14.3 Å². The maximum absolute atomic E-state index is 13.3. The zero-order valence-electron chi connectivity index (χ0n) is 12.8. The summed E-state index contributed by atoms with van der Waals surface area (Å²) < 4.78 is 58.0. The highest BCUT2D eigenvalue weighted by atomic mass is 32.2. The lowest BCUT2D eigenvalue weighted by atomic mass is 10.3. The second-order valence-electron chi connectivity index (χ2n) is 5.29. The van der Waals surface area contributed by atoms with E-state index >= 15 is 0 Å². The Hall–Kier alpha value is -2.64. The third-order valence-corrected chi connectivity index (χ3v) is 5.55. The first-order chi connectivity index (χ1) is 11.9. The first-order valence-electron chi connectivity index (χ1n) is 7.25. The fraction of sp³-hybridized carbons (Fsp3) is 0.267. The van der Waals surface area contributed by atoms with Crippen LogP contribution in [-0.2, 0) is 10.0 Å². The van der Waals surface area contributed by atoms with E-state index in [2.05, 4.69) is 9.97 Å². The number of nitrogens with zero attached hydrogens (tertiary/aromatic N) is 4. The van der Waals surface area contributed by atoms with Gasteiger partial charge in [-0.15, -0.1) is 0 Å². The number of halogens is 2. The van der Waals surface area contributed by atoms with E-state index in [1.165, 1.54) is 12.4 Å². The average Bonchev–Trinajstić information content (AvgIpc) is 3.07. The van der Waals surface area contributed by atoms with Gasteiger partial charge in [0.1, 0.15) is 12.2 Å². The molecule has 0 aliphatic carbocycles. The fourth-order valence-electron chi connectivity index (χ4n) is 2.44. The van der Waals surface area contributed by atoms with Gasteiger partial charge in [0.2, 0.25) is 15.7 Å². The van der Waals surface area contributed by atoms with Gasteiger partial charge in [0, 0.05) is 18.9 Å². The third kappa shape index (κ3) is 3.42. The molecule has 1 fully saturated rings. The van der Waals surface area contributed by atoms with E-state index < -0.39 is 27.8 Å². The van der Waals surface area contributed by atoms with E-state index in [0.29, 0.717) is 12.5 Å². The van der Waals surface area contributed by atoms with Crippen molar-refractivity contribution in [2.75, 3.05) is 13.1 Å². The quantitative estimate of drug-likeness (QED) is 0.813. The van der Waals surface area contributed by atoms with Crippen LogP contribution in [0, 0.1) is 23.0 Å². The van der Waals surface area contributed by atoms with Crippen molar-refractivity contribution in [2.45, 2.75) is 17.4 Å². The van der Waals surface area contributed by atoms with Crippen LogP contribution >= 0.6 is 0 Å². The van der Waals surface area contributed by atoms with E-state index in [1.54, 1.807) is 0 Å². The third-order valence-electron chi connectivity index (χ3n) is 3.69. The van der Waals surface area contributed by atoms with Gasteiger partial charge in [0.15, 0.2) is 11.6 Å². The minimum absolute atomic E-state index is 0.00275. The predicted octanol–water partition coefficient (Wildman–Crippen LogP) is 1.47. The Kier molecular flexibility index (Phi) is 4.61. The molecule has 0 saturated carbocycles. The molecule has 2 aromatic rings. The second kappa shape index (κ2) is 6.70. The number of rotatable bonds is 4. The van der Waals surface area contributed by atoms with Gasteiger partial charge >= 0.3 is 0 Å². The van der Waals surface area contributed by atoms with Gasteiger partial charge in [0.05, 0.1) is 11.4 Å². The van der Waals surface area contributed by atoms with Crippen LogP contribution in [0.4, 0.5) is 8.78 Å². The average molecular weight is 366 g/mol. The molecule has 1 saturated heterocycles. The molecule has 0 spiro atoms. The molecule has 2 heterocycles. The largest absolute Gasteiger partial charge is 0.471 e. The summed E-state index contributed by atoms with van der Waals surface area (Å²) in [5.41, 5.74) is 0.00409. The van der Waals surface area contributed by atoms with Crippen LogP contribution in [0.3, 0.4) is 0 Å². The monoisotopic (exact) mass is 366 g/mol. The number of hydrogen-bond acceptors (Lipinski definition) is 6. The Bertz CT molecular complexity index is 946. The van der Waals surface area contributed by atoms with E-state index in [-0.39, 0.29) is 29.6 Å². The van der Waals surface area contributed by atoms with Crippen molar-refractivity contribution >= 4 is 10.0 Å². The highest BCUT2D eigenvalue weighted by molar-refractivity contribution is 7.89. The van der Waals surface area contributed by atoms with Crippen LogP contribution in [0.5, 0.6) is 5.88 Å². The van der Waals surface area contributed by atoms with Gasteiger partial charge in [-0.25, -0.2) is 27.2 Å². The number of aromatic nitrogens is 2. The summed E-state index contributed by atoms with van der Waals surface area (Å²) in [6.45, 7) is 0.150.